The molecule has 1 aliphatic carbocycles. The molecular weight excluding hydrogens is 244 g/mol. The minimum Gasteiger partial charge on any atom is -0.352 e. The first-order valence-corrected chi connectivity index (χ1v) is 8.41. The molecule has 1 N–H and O–H groups in total. The van der Waals surface area contributed by atoms with Crippen molar-refractivity contribution in [3.8, 4) is 0 Å². The number of hydrogen-bond acceptors (Lipinski definition) is 3. The van der Waals surface area contributed by atoms with Gasteiger partial charge in [-0.05, 0) is 44.9 Å². The number of nitrogens with one attached hydrogen (secondary N) is 1. The molecule has 4 heteroatoms. The first-order valence-electron chi connectivity index (χ1n) is 7.36. The van der Waals surface area contributed by atoms with Gasteiger partial charge in [-0.25, -0.2) is 0 Å². The molecule has 1 amide bonds. The third-order valence-corrected chi connectivity index (χ3v) is 5.10. The third kappa shape index (κ3) is 4.16. The van der Waals surface area contributed by atoms with E-state index in [9.17, 15) is 4.79 Å². The van der Waals surface area contributed by atoms with Gasteiger partial charge in [0, 0.05) is 17.8 Å². The maximum absolute atomic E-state index is 12.1. The van der Waals surface area contributed by atoms with Gasteiger partial charge in [0.15, 0.2) is 0 Å². The molecule has 1 saturated heterocycles. The number of nitrogens with zero attached hydrogens (tertiary/aromatic N) is 1. The molecule has 1 heterocycles. The van der Waals surface area contributed by atoms with Crippen molar-refractivity contribution in [2.45, 2.75) is 63.3 Å². The summed E-state index contributed by atoms with van der Waals surface area (Å²) in [5.74, 6) is 1.42. The molecule has 1 saturated carbocycles. The lowest BCUT2D eigenvalue weighted by molar-refractivity contribution is -0.126. The van der Waals surface area contributed by atoms with E-state index in [1.165, 1.54) is 37.9 Å². The molecule has 0 aromatic carbocycles. The van der Waals surface area contributed by atoms with Gasteiger partial charge in [-0.3, -0.25) is 9.69 Å². The van der Waals surface area contributed by atoms with Crippen molar-refractivity contribution in [2.24, 2.45) is 0 Å². The van der Waals surface area contributed by atoms with Crippen LogP contribution < -0.4 is 5.32 Å². The van der Waals surface area contributed by atoms with Crippen LogP contribution in [0.3, 0.4) is 0 Å². The van der Waals surface area contributed by atoms with Gasteiger partial charge >= 0.3 is 0 Å². The van der Waals surface area contributed by atoms with Gasteiger partial charge < -0.3 is 5.32 Å². The van der Waals surface area contributed by atoms with Crippen molar-refractivity contribution in [1.82, 2.24) is 10.2 Å². The number of rotatable bonds is 5. The Labute approximate surface area is 115 Å². The van der Waals surface area contributed by atoms with Crippen LogP contribution in [-0.4, -0.2) is 47.0 Å². The van der Waals surface area contributed by atoms with Crippen molar-refractivity contribution in [3.63, 3.8) is 0 Å². The summed E-state index contributed by atoms with van der Waals surface area (Å²) < 4.78 is 0. The highest BCUT2D eigenvalue weighted by Crippen LogP contribution is 2.24. The van der Waals surface area contributed by atoms with E-state index in [1.807, 2.05) is 0 Å². The maximum Gasteiger partial charge on any atom is 0.237 e. The van der Waals surface area contributed by atoms with Crippen LogP contribution in [0, 0.1) is 0 Å². The molecule has 104 valence electrons. The summed E-state index contributed by atoms with van der Waals surface area (Å²) in [4.78, 5) is 14.5. The number of thioether (sulfide) groups is 1. The lowest BCUT2D eigenvalue weighted by Crippen LogP contribution is -2.47. The summed E-state index contributed by atoms with van der Waals surface area (Å²) in [5.41, 5.74) is 0. The van der Waals surface area contributed by atoms with Gasteiger partial charge in [0.25, 0.3) is 0 Å². The fraction of sp³-hybridized carbons (Fsp3) is 0.929. The fourth-order valence-electron chi connectivity index (χ4n) is 2.57. The highest BCUT2D eigenvalue weighted by atomic mass is 32.2. The second kappa shape index (κ2) is 6.80. The Morgan fingerprint density at radius 2 is 2.17 bits per heavy atom. The standard InChI is InChI=1S/C14H26N2OS/c1-3-18-13-6-4-5-9-16(10-13)11(2)14(17)15-12-7-8-12/h11-13H,3-10H2,1-2H3,(H,15,17). The summed E-state index contributed by atoms with van der Waals surface area (Å²) in [7, 11) is 0. The molecule has 18 heavy (non-hydrogen) atoms. The van der Waals surface area contributed by atoms with Crippen LogP contribution in [0.2, 0.25) is 0 Å². The fourth-order valence-corrected chi connectivity index (χ4v) is 3.67. The number of carbonyl (C=O) groups excluding carboxylic acids is 1. The second-order valence-electron chi connectivity index (χ2n) is 5.53. The van der Waals surface area contributed by atoms with E-state index < -0.39 is 0 Å². The van der Waals surface area contributed by atoms with Crippen molar-refractivity contribution in [1.29, 1.82) is 0 Å². The third-order valence-electron chi connectivity index (χ3n) is 3.91. The highest BCUT2D eigenvalue weighted by molar-refractivity contribution is 7.99. The van der Waals surface area contributed by atoms with Crippen LogP contribution in [0.25, 0.3) is 0 Å². The van der Waals surface area contributed by atoms with E-state index in [-0.39, 0.29) is 11.9 Å². The Morgan fingerprint density at radius 1 is 1.39 bits per heavy atom. The highest BCUT2D eigenvalue weighted by Gasteiger charge is 2.30. The molecule has 2 atom stereocenters. The van der Waals surface area contributed by atoms with Crippen LogP contribution in [0.4, 0.5) is 0 Å². The zero-order chi connectivity index (χ0) is 13.0. The second-order valence-corrected chi connectivity index (χ2v) is 7.10. The van der Waals surface area contributed by atoms with Gasteiger partial charge in [-0.1, -0.05) is 13.3 Å². The molecule has 0 spiro atoms. The SMILES string of the molecule is CCSC1CCCCN(C(C)C(=O)NC2CC2)C1. The van der Waals surface area contributed by atoms with Gasteiger partial charge in [0.1, 0.15) is 0 Å². The molecule has 2 rings (SSSR count). The predicted molar refractivity (Wildman–Crippen MR) is 78.0 cm³/mol. The topological polar surface area (TPSA) is 32.3 Å². The summed E-state index contributed by atoms with van der Waals surface area (Å²) >= 11 is 2.05. The lowest BCUT2D eigenvalue weighted by Gasteiger charge is -2.29. The Bertz CT molecular complexity index is 281. The van der Waals surface area contributed by atoms with E-state index >= 15 is 0 Å². The van der Waals surface area contributed by atoms with E-state index in [0.29, 0.717) is 11.3 Å². The quantitative estimate of drug-likeness (QED) is 0.832. The van der Waals surface area contributed by atoms with E-state index in [4.69, 9.17) is 0 Å². The average Bonchev–Trinajstić information content (AvgIpc) is 3.16. The average molecular weight is 270 g/mol. The minimum atomic E-state index is 0.0451. The monoisotopic (exact) mass is 270 g/mol. The first kappa shape index (κ1) is 14.2. The van der Waals surface area contributed by atoms with Crippen molar-refractivity contribution >= 4 is 17.7 Å². The molecule has 1 aliphatic heterocycles. The molecule has 2 fully saturated rings. The van der Waals surface area contributed by atoms with Gasteiger partial charge in [-0.15, -0.1) is 0 Å². The predicted octanol–water partition coefficient (Wildman–Crippen LogP) is 2.26. The molecule has 0 aromatic rings. The lowest BCUT2D eigenvalue weighted by atomic mass is 10.2. The molecule has 0 radical (unpaired) electrons. The molecular formula is C14H26N2OS. The first-order chi connectivity index (χ1) is 8.70. The van der Waals surface area contributed by atoms with Crippen LogP contribution >= 0.6 is 11.8 Å². The van der Waals surface area contributed by atoms with E-state index in [0.717, 1.165) is 13.1 Å². The van der Waals surface area contributed by atoms with Crippen LogP contribution in [-0.2, 0) is 4.79 Å². The Hall–Kier alpha value is -0.220. The summed E-state index contributed by atoms with van der Waals surface area (Å²) in [6.07, 6.45) is 6.21. The summed E-state index contributed by atoms with van der Waals surface area (Å²) in [6, 6.07) is 0.524. The minimum absolute atomic E-state index is 0.0451. The normalized spacial score (nSPS) is 27.6. The van der Waals surface area contributed by atoms with Gasteiger partial charge in [0.05, 0.1) is 6.04 Å². The summed E-state index contributed by atoms with van der Waals surface area (Å²) in [5, 5.41) is 3.85. The number of carbonyl (C=O) groups is 1. The zero-order valence-corrected chi connectivity index (χ0v) is 12.5. The van der Waals surface area contributed by atoms with Crippen LogP contribution in [0.15, 0.2) is 0 Å². The van der Waals surface area contributed by atoms with Crippen molar-refractivity contribution in [3.05, 3.63) is 0 Å². The largest absolute Gasteiger partial charge is 0.352 e. The zero-order valence-electron chi connectivity index (χ0n) is 11.7. The van der Waals surface area contributed by atoms with Gasteiger partial charge in [-0.2, -0.15) is 11.8 Å². The van der Waals surface area contributed by atoms with Crippen LogP contribution in [0.5, 0.6) is 0 Å². The molecule has 0 aromatic heterocycles. The molecule has 2 aliphatic rings. The number of hydrogen-bond donors (Lipinski definition) is 1. The number of likely N-dealkylation sites (tertiary alicyclic amines) is 1. The van der Waals surface area contributed by atoms with E-state index in [2.05, 4.69) is 35.8 Å². The number of amides is 1. The van der Waals surface area contributed by atoms with E-state index in [1.54, 1.807) is 0 Å². The molecule has 3 nitrogen and oxygen atoms in total. The van der Waals surface area contributed by atoms with Crippen molar-refractivity contribution in [2.75, 3.05) is 18.8 Å². The molecule has 0 bridgehead atoms. The smallest absolute Gasteiger partial charge is 0.237 e. The van der Waals surface area contributed by atoms with Crippen LogP contribution in [0.1, 0.15) is 46.0 Å². The van der Waals surface area contributed by atoms with Gasteiger partial charge in [0.2, 0.25) is 5.91 Å². The molecule has 2 unspecified atom stereocenters. The Balaban J connectivity index is 1.85. The van der Waals surface area contributed by atoms with Crippen molar-refractivity contribution < 1.29 is 4.79 Å². The summed E-state index contributed by atoms with van der Waals surface area (Å²) in [6.45, 7) is 6.46. The maximum atomic E-state index is 12.1. The Morgan fingerprint density at radius 3 is 2.83 bits per heavy atom. The Kier molecular flexibility index (Phi) is 5.37.